The third-order valence-electron chi connectivity index (χ3n) is 3.54. The molecule has 1 aromatic rings. The molecule has 0 saturated carbocycles. The van der Waals surface area contributed by atoms with Gasteiger partial charge >= 0.3 is 0 Å². The van der Waals surface area contributed by atoms with E-state index in [1.54, 1.807) is 0 Å². The van der Waals surface area contributed by atoms with Gasteiger partial charge in [-0.3, -0.25) is 0 Å². The first kappa shape index (κ1) is 19.6. The van der Waals surface area contributed by atoms with Crippen LogP contribution in [0.4, 0.5) is 4.39 Å². The minimum atomic E-state index is -3.38. The van der Waals surface area contributed by atoms with Crippen LogP contribution in [0.15, 0.2) is 29.4 Å². The Morgan fingerprint density at radius 1 is 1.00 bits per heavy atom. The molecule has 0 aromatic heterocycles. The normalized spacial score (nSPS) is 11.9. The van der Waals surface area contributed by atoms with Crippen LogP contribution in [0, 0.1) is 5.82 Å². The molecular weight excluding hydrogens is 315 g/mol. The van der Waals surface area contributed by atoms with Gasteiger partial charge in [0.25, 0.3) is 0 Å². The minimum absolute atomic E-state index is 0.0860. The molecule has 0 spiro atoms. The van der Waals surface area contributed by atoms with Crippen molar-refractivity contribution in [1.29, 1.82) is 0 Å². The Bertz CT molecular complexity index is 556. The molecule has 0 radical (unpaired) electrons. The summed E-state index contributed by atoms with van der Waals surface area (Å²) in [5, 5.41) is 3.71. The lowest BCUT2D eigenvalue weighted by atomic mass is 10.1. The van der Waals surface area contributed by atoms with Crippen molar-refractivity contribution < 1.29 is 12.8 Å². The number of benzene rings is 1. The number of hydrogen-bond donors (Lipinski definition) is 1. The molecule has 0 atom stereocenters. The van der Waals surface area contributed by atoms with Gasteiger partial charge in [0, 0.05) is 0 Å². The maximum Gasteiger partial charge on any atom is 0.247 e. The number of halogens is 1. The van der Waals surface area contributed by atoms with Crippen molar-refractivity contribution in [2.45, 2.75) is 58.3 Å². The van der Waals surface area contributed by atoms with Gasteiger partial charge in [-0.2, -0.15) is 5.10 Å². The maximum absolute atomic E-state index is 12.7. The van der Waals surface area contributed by atoms with Crippen molar-refractivity contribution >= 4 is 16.2 Å². The van der Waals surface area contributed by atoms with Crippen LogP contribution in [-0.2, 0) is 10.0 Å². The molecule has 4 nitrogen and oxygen atoms in total. The first-order valence-electron chi connectivity index (χ1n) is 8.31. The van der Waals surface area contributed by atoms with Crippen LogP contribution in [0.2, 0.25) is 0 Å². The van der Waals surface area contributed by atoms with Gasteiger partial charge in [0.1, 0.15) is 5.82 Å². The first-order valence-corrected chi connectivity index (χ1v) is 9.97. The molecule has 0 aliphatic carbocycles. The van der Waals surface area contributed by atoms with Gasteiger partial charge in [0.2, 0.25) is 10.0 Å². The van der Waals surface area contributed by atoms with Crippen LogP contribution in [0.5, 0.6) is 0 Å². The zero-order valence-electron chi connectivity index (χ0n) is 13.8. The van der Waals surface area contributed by atoms with E-state index in [9.17, 15) is 12.8 Å². The second-order valence-corrected chi connectivity index (χ2v) is 7.52. The van der Waals surface area contributed by atoms with E-state index >= 15 is 0 Å². The highest BCUT2D eigenvalue weighted by atomic mass is 32.2. The summed E-state index contributed by atoms with van der Waals surface area (Å²) in [6.07, 6.45) is 10.2. The van der Waals surface area contributed by atoms with Crippen molar-refractivity contribution in [3.8, 4) is 0 Å². The fourth-order valence-corrected chi connectivity index (χ4v) is 3.09. The van der Waals surface area contributed by atoms with E-state index in [0.29, 0.717) is 12.0 Å². The first-order chi connectivity index (χ1) is 11.0. The minimum Gasteiger partial charge on any atom is -0.207 e. The summed E-state index contributed by atoms with van der Waals surface area (Å²) in [4.78, 5) is 2.19. The molecule has 0 bridgehead atoms. The van der Waals surface area contributed by atoms with Gasteiger partial charge in [0.15, 0.2) is 0 Å². The molecule has 0 unspecified atom stereocenters. The van der Waals surface area contributed by atoms with Crippen LogP contribution < -0.4 is 4.83 Å². The third-order valence-corrected chi connectivity index (χ3v) is 4.75. The fourth-order valence-electron chi connectivity index (χ4n) is 2.20. The molecule has 0 heterocycles. The number of sulfonamides is 1. The smallest absolute Gasteiger partial charge is 0.207 e. The highest BCUT2D eigenvalue weighted by molar-refractivity contribution is 7.89. The molecule has 1 N–H and O–H groups in total. The molecule has 0 aliphatic heterocycles. The Kier molecular flexibility index (Phi) is 9.52. The van der Waals surface area contributed by atoms with E-state index in [4.69, 9.17) is 0 Å². The summed E-state index contributed by atoms with van der Waals surface area (Å²) in [6.45, 7) is 2.19. The summed E-state index contributed by atoms with van der Waals surface area (Å²) < 4.78 is 36.3. The maximum atomic E-state index is 12.7. The summed E-state index contributed by atoms with van der Waals surface area (Å²) in [5.74, 6) is -0.250. The predicted molar refractivity (Wildman–Crippen MR) is 93.5 cm³/mol. The van der Waals surface area contributed by atoms with Crippen molar-refractivity contribution in [3.05, 3.63) is 35.6 Å². The average molecular weight is 342 g/mol. The molecule has 0 fully saturated rings. The molecule has 0 amide bonds. The van der Waals surface area contributed by atoms with Crippen molar-refractivity contribution in [1.82, 2.24) is 4.83 Å². The second kappa shape index (κ2) is 11.2. The lowest BCUT2D eigenvalue weighted by Gasteiger charge is -2.04. The summed E-state index contributed by atoms with van der Waals surface area (Å²) in [5.41, 5.74) is 0.640. The van der Waals surface area contributed by atoms with E-state index < -0.39 is 10.0 Å². The Morgan fingerprint density at radius 3 is 2.17 bits per heavy atom. The predicted octanol–water partition coefficient (Wildman–Crippen LogP) is 4.22. The molecule has 0 aliphatic rings. The van der Waals surface area contributed by atoms with Crippen LogP contribution in [0.1, 0.15) is 63.9 Å². The van der Waals surface area contributed by atoms with Crippen LogP contribution in [0.3, 0.4) is 0 Å². The second-order valence-electron chi connectivity index (χ2n) is 5.69. The fraction of sp³-hybridized carbons (Fsp3) is 0.588. The molecule has 1 rings (SSSR count). The Balaban J connectivity index is 2.17. The topological polar surface area (TPSA) is 58.5 Å². The van der Waals surface area contributed by atoms with E-state index in [1.807, 2.05) is 0 Å². The van der Waals surface area contributed by atoms with Crippen LogP contribution in [0.25, 0.3) is 0 Å². The summed E-state index contributed by atoms with van der Waals surface area (Å²) >= 11 is 0. The van der Waals surface area contributed by atoms with Gasteiger partial charge in [-0.05, 0) is 24.1 Å². The molecule has 1 aromatic carbocycles. The van der Waals surface area contributed by atoms with Crippen LogP contribution >= 0.6 is 0 Å². The van der Waals surface area contributed by atoms with E-state index in [1.165, 1.54) is 62.6 Å². The molecule has 130 valence electrons. The molecule has 23 heavy (non-hydrogen) atoms. The number of rotatable bonds is 12. The number of hydrazone groups is 1. The third kappa shape index (κ3) is 10.0. The Hall–Kier alpha value is -1.43. The van der Waals surface area contributed by atoms with Gasteiger partial charge in [-0.25, -0.2) is 17.6 Å². The van der Waals surface area contributed by atoms with Crippen molar-refractivity contribution in [3.63, 3.8) is 0 Å². The monoisotopic (exact) mass is 342 g/mol. The Morgan fingerprint density at radius 2 is 1.57 bits per heavy atom. The van der Waals surface area contributed by atoms with Gasteiger partial charge < -0.3 is 0 Å². The van der Waals surface area contributed by atoms with Gasteiger partial charge in [-0.1, -0.05) is 64.0 Å². The zero-order valence-corrected chi connectivity index (χ0v) is 14.6. The summed E-state index contributed by atoms with van der Waals surface area (Å²) in [7, 11) is -3.38. The molecule has 6 heteroatoms. The largest absolute Gasteiger partial charge is 0.247 e. The standard InChI is InChI=1S/C17H27FN2O2S/c1-2-3-4-5-6-7-8-9-14-23(21,22)20-19-15-16-10-12-17(18)13-11-16/h10-13,15,20H,2-9,14H2,1H3/b19-15+. The number of nitrogens with zero attached hydrogens (tertiary/aromatic N) is 1. The van der Waals surface area contributed by atoms with Gasteiger partial charge in [0.05, 0.1) is 12.0 Å². The zero-order chi connectivity index (χ0) is 17.0. The molecule has 0 saturated heterocycles. The number of nitrogens with one attached hydrogen (secondary N) is 1. The molecular formula is C17H27FN2O2S. The van der Waals surface area contributed by atoms with E-state index in [0.717, 1.165) is 12.8 Å². The quantitative estimate of drug-likeness (QED) is 0.351. The van der Waals surface area contributed by atoms with Crippen molar-refractivity contribution in [2.24, 2.45) is 5.10 Å². The van der Waals surface area contributed by atoms with E-state index in [-0.39, 0.29) is 11.6 Å². The lowest BCUT2D eigenvalue weighted by Crippen LogP contribution is -2.21. The number of unbranched alkanes of at least 4 members (excludes halogenated alkanes) is 7. The van der Waals surface area contributed by atoms with Gasteiger partial charge in [-0.15, -0.1) is 0 Å². The highest BCUT2D eigenvalue weighted by Crippen LogP contribution is 2.09. The summed E-state index contributed by atoms with van der Waals surface area (Å²) in [6, 6.07) is 5.67. The van der Waals surface area contributed by atoms with E-state index in [2.05, 4.69) is 16.9 Å². The Labute approximate surface area is 139 Å². The van der Waals surface area contributed by atoms with Crippen molar-refractivity contribution in [2.75, 3.05) is 5.75 Å². The average Bonchev–Trinajstić information content (AvgIpc) is 2.52. The number of hydrogen-bond acceptors (Lipinski definition) is 3. The lowest BCUT2D eigenvalue weighted by molar-refractivity contribution is 0.566. The highest BCUT2D eigenvalue weighted by Gasteiger charge is 2.07. The van der Waals surface area contributed by atoms with Crippen LogP contribution in [-0.4, -0.2) is 20.4 Å². The SMILES string of the molecule is CCCCCCCCCCS(=O)(=O)N/N=C/c1ccc(F)cc1.